The van der Waals surface area contributed by atoms with Crippen LogP contribution in [0.25, 0.3) is 5.82 Å². The molecule has 1 aliphatic carbocycles. The molecule has 2 heterocycles. The van der Waals surface area contributed by atoms with Gasteiger partial charge in [0.2, 0.25) is 0 Å². The lowest BCUT2D eigenvalue weighted by molar-refractivity contribution is 0.462. The molecule has 1 fully saturated rings. The van der Waals surface area contributed by atoms with Gasteiger partial charge in [-0.25, -0.2) is 9.97 Å². The van der Waals surface area contributed by atoms with Crippen molar-refractivity contribution in [1.82, 2.24) is 14.5 Å². The Hall–Kier alpha value is -1.84. The van der Waals surface area contributed by atoms with E-state index in [0.29, 0.717) is 6.04 Å². The number of aryl methyl sites for hydroxylation is 1. The van der Waals surface area contributed by atoms with Gasteiger partial charge in [0.05, 0.1) is 5.69 Å². The standard InChI is InChI=1S/C15H20N4/c1-12-16-10-11-19(12)15-14(8-5-9-17-15)18-13-6-3-2-4-7-13/h5,8-11,13,18H,2-4,6-7H2,1H3. The summed E-state index contributed by atoms with van der Waals surface area (Å²) < 4.78 is 2.03. The van der Waals surface area contributed by atoms with Crippen molar-refractivity contribution in [1.29, 1.82) is 0 Å². The molecule has 3 rings (SSSR count). The molecular formula is C15H20N4. The number of aromatic nitrogens is 3. The second kappa shape index (κ2) is 5.43. The van der Waals surface area contributed by atoms with Crippen LogP contribution in [0.1, 0.15) is 37.9 Å². The van der Waals surface area contributed by atoms with Crippen molar-refractivity contribution in [2.45, 2.75) is 45.1 Å². The van der Waals surface area contributed by atoms with Gasteiger partial charge in [-0.2, -0.15) is 0 Å². The third-order valence-electron chi connectivity index (χ3n) is 3.81. The topological polar surface area (TPSA) is 42.7 Å². The molecule has 4 nitrogen and oxygen atoms in total. The number of pyridine rings is 1. The van der Waals surface area contributed by atoms with Crippen LogP contribution in [0, 0.1) is 6.92 Å². The molecule has 0 unspecified atom stereocenters. The number of nitrogens with zero attached hydrogens (tertiary/aromatic N) is 3. The molecule has 19 heavy (non-hydrogen) atoms. The maximum atomic E-state index is 4.51. The van der Waals surface area contributed by atoms with Crippen molar-refractivity contribution in [3.05, 3.63) is 36.5 Å². The Bertz CT molecular complexity index is 541. The Morgan fingerprint density at radius 3 is 2.74 bits per heavy atom. The first-order valence-electron chi connectivity index (χ1n) is 7.06. The van der Waals surface area contributed by atoms with Crippen LogP contribution in [0.2, 0.25) is 0 Å². The van der Waals surface area contributed by atoms with Crippen LogP contribution in [-0.4, -0.2) is 20.6 Å². The predicted octanol–water partition coefficient (Wildman–Crippen LogP) is 3.32. The lowest BCUT2D eigenvalue weighted by Gasteiger charge is -2.25. The van der Waals surface area contributed by atoms with Crippen LogP contribution in [0.4, 0.5) is 5.69 Å². The molecule has 2 aromatic rings. The first-order chi connectivity index (χ1) is 9.34. The van der Waals surface area contributed by atoms with E-state index >= 15 is 0 Å². The number of hydrogen-bond acceptors (Lipinski definition) is 3. The summed E-state index contributed by atoms with van der Waals surface area (Å²) in [5, 5.41) is 3.65. The smallest absolute Gasteiger partial charge is 0.161 e. The molecule has 2 aromatic heterocycles. The molecule has 1 saturated carbocycles. The first kappa shape index (κ1) is 12.2. The molecule has 0 radical (unpaired) electrons. The molecule has 0 aliphatic heterocycles. The molecule has 0 bridgehead atoms. The largest absolute Gasteiger partial charge is 0.379 e. The minimum Gasteiger partial charge on any atom is -0.379 e. The quantitative estimate of drug-likeness (QED) is 0.916. The van der Waals surface area contributed by atoms with Gasteiger partial charge in [-0.1, -0.05) is 19.3 Å². The van der Waals surface area contributed by atoms with Gasteiger partial charge in [0.1, 0.15) is 5.82 Å². The van der Waals surface area contributed by atoms with E-state index in [-0.39, 0.29) is 0 Å². The highest BCUT2D eigenvalue weighted by Gasteiger charge is 2.15. The van der Waals surface area contributed by atoms with Gasteiger partial charge in [-0.15, -0.1) is 0 Å². The van der Waals surface area contributed by atoms with Gasteiger partial charge in [-0.3, -0.25) is 4.57 Å². The van der Waals surface area contributed by atoms with E-state index < -0.39 is 0 Å². The minimum absolute atomic E-state index is 0.584. The fraction of sp³-hybridized carbons (Fsp3) is 0.467. The Morgan fingerprint density at radius 1 is 1.16 bits per heavy atom. The van der Waals surface area contributed by atoms with E-state index in [9.17, 15) is 0 Å². The number of hydrogen-bond donors (Lipinski definition) is 1. The fourth-order valence-electron chi connectivity index (χ4n) is 2.77. The highest BCUT2D eigenvalue weighted by molar-refractivity contribution is 5.57. The van der Waals surface area contributed by atoms with E-state index in [1.54, 1.807) is 0 Å². The summed E-state index contributed by atoms with van der Waals surface area (Å²) in [7, 11) is 0. The zero-order valence-electron chi connectivity index (χ0n) is 11.3. The number of imidazole rings is 1. The number of rotatable bonds is 3. The van der Waals surface area contributed by atoms with Gasteiger partial charge in [0.25, 0.3) is 0 Å². The molecule has 0 spiro atoms. The van der Waals surface area contributed by atoms with Crippen LogP contribution in [0.3, 0.4) is 0 Å². The zero-order chi connectivity index (χ0) is 13.1. The second-order valence-corrected chi connectivity index (χ2v) is 5.20. The molecule has 4 heteroatoms. The average molecular weight is 256 g/mol. The first-order valence-corrected chi connectivity index (χ1v) is 7.06. The molecule has 0 atom stereocenters. The number of anilines is 1. The SMILES string of the molecule is Cc1nccn1-c1ncccc1NC1CCCCC1. The lowest BCUT2D eigenvalue weighted by Crippen LogP contribution is -2.23. The van der Waals surface area contributed by atoms with Gasteiger partial charge in [0, 0.05) is 24.6 Å². The van der Waals surface area contributed by atoms with E-state index in [1.807, 2.05) is 36.1 Å². The summed E-state index contributed by atoms with van der Waals surface area (Å²) in [5.74, 6) is 1.91. The Kier molecular flexibility index (Phi) is 3.49. The van der Waals surface area contributed by atoms with E-state index in [4.69, 9.17) is 0 Å². The third-order valence-corrected chi connectivity index (χ3v) is 3.81. The molecule has 100 valence electrons. The molecule has 1 aliphatic rings. The van der Waals surface area contributed by atoms with E-state index in [2.05, 4.69) is 21.4 Å². The Labute approximate surface area is 113 Å². The van der Waals surface area contributed by atoms with Crippen molar-refractivity contribution >= 4 is 5.69 Å². The summed E-state index contributed by atoms with van der Waals surface area (Å²) in [6, 6.07) is 4.68. The zero-order valence-corrected chi connectivity index (χ0v) is 11.3. The molecule has 1 N–H and O–H groups in total. The van der Waals surface area contributed by atoms with E-state index in [0.717, 1.165) is 17.3 Å². The molecule has 0 saturated heterocycles. The highest BCUT2D eigenvalue weighted by Crippen LogP contribution is 2.25. The van der Waals surface area contributed by atoms with Crippen LogP contribution in [0.15, 0.2) is 30.7 Å². The summed E-state index contributed by atoms with van der Waals surface area (Å²) in [6.45, 7) is 2.00. The normalized spacial score (nSPS) is 16.5. The maximum absolute atomic E-state index is 4.51. The maximum Gasteiger partial charge on any atom is 0.161 e. The van der Waals surface area contributed by atoms with Crippen molar-refractivity contribution in [3.63, 3.8) is 0 Å². The fourth-order valence-corrected chi connectivity index (χ4v) is 2.77. The van der Waals surface area contributed by atoms with Crippen molar-refractivity contribution in [2.24, 2.45) is 0 Å². The number of nitrogens with one attached hydrogen (secondary N) is 1. The average Bonchev–Trinajstić information content (AvgIpc) is 2.87. The van der Waals surface area contributed by atoms with Crippen molar-refractivity contribution in [2.75, 3.05) is 5.32 Å². The van der Waals surface area contributed by atoms with Crippen molar-refractivity contribution < 1.29 is 0 Å². The Morgan fingerprint density at radius 2 is 2.00 bits per heavy atom. The van der Waals surface area contributed by atoms with Gasteiger partial charge >= 0.3 is 0 Å². The second-order valence-electron chi connectivity index (χ2n) is 5.20. The molecular weight excluding hydrogens is 236 g/mol. The van der Waals surface area contributed by atoms with Gasteiger partial charge in [-0.05, 0) is 31.9 Å². The van der Waals surface area contributed by atoms with Gasteiger partial charge < -0.3 is 5.32 Å². The third kappa shape index (κ3) is 2.62. The highest BCUT2D eigenvalue weighted by atomic mass is 15.1. The molecule has 0 aromatic carbocycles. The van der Waals surface area contributed by atoms with Crippen LogP contribution >= 0.6 is 0 Å². The van der Waals surface area contributed by atoms with Crippen molar-refractivity contribution in [3.8, 4) is 5.82 Å². The van der Waals surface area contributed by atoms with E-state index in [1.165, 1.54) is 32.1 Å². The Balaban J connectivity index is 1.87. The van der Waals surface area contributed by atoms with Crippen LogP contribution < -0.4 is 5.32 Å². The molecule has 0 amide bonds. The minimum atomic E-state index is 0.584. The predicted molar refractivity (Wildman–Crippen MR) is 76.6 cm³/mol. The monoisotopic (exact) mass is 256 g/mol. The van der Waals surface area contributed by atoms with Gasteiger partial charge in [0.15, 0.2) is 5.82 Å². The summed E-state index contributed by atoms with van der Waals surface area (Å²) in [4.78, 5) is 8.78. The summed E-state index contributed by atoms with van der Waals surface area (Å²) in [6.07, 6.45) is 12.2. The van der Waals surface area contributed by atoms with Crippen LogP contribution in [0.5, 0.6) is 0 Å². The summed E-state index contributed by atoms with van der Waals surface area (Å²) >= 11 is 0. The van der Waals surface area contributed by atoms with Crippen LogP contribution in [-0.2, 0) is 0 Å². The lowest BCUT2D eigenvalue weighted by atomic mass is 9.95. The summed E-state index contributed by atoms with van der Waals surface area (Å²) in [5.41, 5.74) is 1.11.